The van der Waals surface area contributed by atoms with Gasteiger partial charge in [0, 0.05) is 28.1 Å². The third kappa shape index (κ3) is 4.21. The minimum atomic E-state index is -0.982. The van der Waals surface area contributed by atoms with E-state index in [2.05, 4.69) is 0 Å². The van der Waals surface area contributed by atoms with Crippen molar-refractivity contribution in [1.29, 1.82) is 0 Å². The quantitative estimate of drug-likeness (QED) is 0.420. The summed E-state index contributed by atoms with van der Waals surface area (Å²) in [5.41, 5.74) is 1.55. The second-order valence-electron chi connectivity index (χ2n) is 5.97. The van der Waals surface area contributed by atoms with E-state index < -0.39 is 12.1 Å². The van der Waals surface area contributed by atoms with Crippen molar-refractivity contribution in [3.05, 3.63) is 70.4 Å². The van der Waals surface area contributed by atoms with E-state index in [0.717, 1.165) is 5.39 Å². The maximum absolute atomic E-state index is 12.7. The number of halogens is 1. The Bertz CT molecular complexity index is 976. The molecule has 0 bridgehead atoms. The highest BCUT2D eigenvalue weighted by molar-refractivity contribution is 6.31. The molecule has 0 saturated heterocycles. The zero-order valence-corrected chi connectivity index (χ0v) is 15.8. The van der Waals surface area contributed by atoms with Crippen molar-refractivity contribution in [2.24, 2.45) is 0 Å². The molecule has 0 aliphatic heterocycles. The Balaban J connectivity index is 1.84. The first-order valence-corrected chi connectivity index (χ1v) is 8.98. The van der Waals surface area contributed by atoms with Gasteiger partial charge in [0.25, 0.3) is 0 Å². The van der Waals surface area contributed by atoms with Gasteiger partial charge in [-0.2, -0.15) is 0 Å². The maximum atomic E-state index is 12.7. The number of fused-ring (bicyclic) bond motifs is 1. The van der Waals surface area contributed by atoms with Gasteiger partial charge in [-0.05, 0) is 32.0 Å². The number of esters is 1. The Hall–Kier alpha value is -2.63. The first kappa shape index (κ1) is 19.1. The molecule has 0 unspecified atom stereocenters. The second-order valence-corrected chi connectivity index (χ2v) is 6.40. The smallest absolute Gasteiger partial charge is 0.375 e. The van der Waals surface area contributed by atoms with Crippen LogP contribution in [0.4, 0.5) is 0 Å². The summed E-state index contributed by atoms with van der Waals surface area (Å²) in [6, 6.07) is 13.8. The lowest BCUT2D eigenvalue weighted by molar-refractivity contribution is 0.0285. The highest BCUT2D eigenvalue weighted by Gasteiger charge is 2.26. The average molecular weight is 387 g/mol. The lowest BCUT2D eigenvalue weighted by Crippen LogP contribution is -2.24. The van der Waals surface area contributed by atoms with Crippen molar-refractivity contribution in [3.8, 4) is 0 Å². The van der Waals surface area contributed by atoms with Crippen molar-refractivity contribution in [3.63, 3.8) is 0 Å². The van der Waals surface area contributed by atoms with Crippen LogP contribution in [0.1, 0.15) is 40.3 Å². The summed E-state index contributed by atoms with van der Waals surface area (Å²) in [6.07, 6.45) is -0.982. The van der Waals surface area contributed by atoms with Crippen LogP contribution in [0.5, 0.6) is 0 Å². The van der Waals surface area contributed by atoms with E-state index in [9.17, 15) is 9.59 Å². The molecule has 0 amide bonds. The summed E-state index contributed by atoms with van der Waals surface area (Å²) in [6.45, 7) is 4.10. The van der Waals surface area contributed by atoms with Gasteiger partial charge in [0.2, 0.25) is 11.5 Å². The molecule has 0 spiro atoms. The number of carbonyl (C=O) groups is 2. The van der Waals surface area contributed by atoms with Crippen LogP contribution in [-0.2, 0) is 16.1 Å². The van der Waals surface area contributed by atoms with Crippen LogP contribution >= 0.6 is 11.6 Å². The fraction of sp³-hybridized carbons (Fsp3) is 0.238. The van der Waals surface area contributed by atoms with Crippen LogP contribution in [0.25, 0.3) is 11.0 Å². The van der Waals surface area contributed by atoms with Crippen LogP contribution in [-0.4, -0.2) is 24.5 Å². The van der Waals surface area contributed by atoms with Gasteiger partial charge in [-0.15, -0.1) is 0 Å². The Morgan fingerprint density at radius 2 is 1.93 bits per heavy atom. The van der Waals surface area contributed by atoms with Crippen LogP contribution in [0.2, 0.25) is 5.02 Å². The molecule has 2 aromatic carbocycles. The molecule has 1 atom stereocenters. The van der Waals surface area contributed by atoms with E-state index in [1.54, 1.807) is 24.3 Å². The molecule has 0 saturated carbocycles. The van der Waals surface area contributed by atoms with Crippen molar-refractivity contribution in [1.82, 2.24) is 0 Å². The molecule has 0 fully saturated rings. The number of Topliss-reactive ketones (excluding diaryl/α,β-unsaturated/α-hetero) is 1. The van der Waals surface area contributed by atoms with Gasteiger partial charge < -0.3 is 13.9 Å². The third-order valence-electron chi connectivity index (χ3n) is 4.10. The van der Waals surface area contributed by atoms with Gasteiger partial charge in [-0.25, -0.2) is 4.79 Å². The Kier molecular flexibility index (Phi) is 5.94. The topological polar surface area (TPSA) is 65.7 Å². The summed E-state index contributed by atoms with van der Waals surface area (Å²) < 4.78 is 16.5. The number of benzene rings is 2. The van der Waals surface area contributed by atoms with Gasteiger partial charge in [0.15, 0.2) is 6.10 Å². The van der Waals surface area contributed by atoms with E-state index in [0.29, 0.717) is 28.3 Å². The molecule has 140 valence electrons. The van der Waals surface area contributed by atoms with E-state index in [-0.39, 0.29) is 18.2 Å². The lowest BCUT2D eigenvalue weighted by atomic mass is 10.1. The van der Waals surface area contributed by atoms with Gasteiger partial charge in [-0.1, -0.05) is 41.9 Å². The summed E-state index contributed by atoms with van der Waals surface area (Å²) in [7, 11) is 0. The van der Waals surface area contributed by atoms with Crippen molar-refractivity contribution in [2.45, 2.75) is 26.6 Å². The number of furan rings is 1. The zero-order chi connectivity index (χ0) is 19.4. The van der Waals surface area contributed by atoms with Crippen molar-refractivity contribution < 1.29 is 23.5 Å². The average Bonchev–Trinajstić information content (AvgIpc) is 3.04. The molecule has 6 heteroatoms. The first-order valence-electron chi connectivity index (χ1n) is 8.60. The van der Waals surface area contributed by atoms with Crippen molar-refractivity contribution in [2.75, 3.05) is 6.61 Å². The fourth-order valence-corrected chi connectivity index (χ4v) is 2.95. The van der Waals surface area contributed by atoms with Crippen LogP contribution < -0.4 is 0 Å². The van der Waals surface area contributed by atoms with Gasteiger partial charge in [-0.3, -0.25) is 4.79 Å². The third-order valence-corrected chi connectivity index (χ3v) is 4.33. The normalized spacial score (nSPS) is 12.1. The van der Waals surface area contributed by atoms with Crippen LogP contribution in [0, 0.1) is 0 Å². The molecule has 0 N–H and O–H groups in total. The Morgan fingerprint density at radius 3 is 2.67 bits per heavy atom. The molecule has 0 radical (unpaired) electrons. The molecule has 5 nitrogen and oxygen atoms in total. The minimum absolute atomic E-state index is 0.0513. The number of rotatable bonds is 7. The van der Waals surface area contributed by atoms with Crippen molar-refractivity contribution >= 4 is 34.3 Å². The summed E-state index contributed by atoms with van der Waals surface area (Å²) in [4.78, 5) is 25.2. The van der Waals surface area contributed by atoms with E-state index in [1.807, 2.05) is 25.1 Å². The lowest BCUT2D eigenvalue weighted by Gasteiger charge is -2.12. The predicted octanol–water partition coefficient (Wildman–Crippen LogP) is 5.05. The highest BCUT2D eigenvalue weighted by Crippen LogP contribution is 2.27. The minimum Gasteiger partial charge on any atom is -0.449 e. The molecule has 0 aliphatic carbocycles. The second kappa shape index (κ2) is 8.37. The van der Waals surface area contributed by atoms with E-state index in [1.165, 1.54) is 13.0 Å². The van der Waals surface area contributed by atoms with Gasteiger partial charge >= 0.3 is 5.97 Å². The highest BCUT2D eigenvalue weighted by atomic mass is 35.5. The molecular formula is C21H19ClO5. The van der Waals surface area contributed by atoms with E-state index in [4.69, 9.17) is 25.5 Å². The summed E-state index contributed by atoms with van der Waals surface area (Å²) >= 11 is 5.92. The Labute approximate surface area is 161 Å². The number of ketones is 1. The number of carbonyl (C=O) groups excluding carboxylic acids is 2. The van der Waals surface area contributed by atoms with E-state index >= 15 is 0 Å². The van der Waals surface area contributed by atoms with Crippen LogP contribution in [0.15, 0.2) is 52.9 Å². The summed E-state index contributed by atoms with van der Waals surface area (Å²) in [5, 5.41) is 1.22. The number of hydrogen-bond donors (Lipinski definition) is 0. The standard InChI is InChI=1S/C21H19ClO5/c1-3-25-12-17-16-9-4-5-10-18(16)27-20(17)21(24)26-13(2)19(23)14-7-6-8-15(22)11-14/h4-11,13H,3,12H2,1-2H3/t13-/m1/s1. The van der Waals surface area contributed by atoms with Gasteiger partial charge in [0.05, 0.1) is 6.61 Å². The molecule has 27 heavy (non-hydrogen) atoms. The van der Waals surface area contributed by atoms with Crippen LogP contribution in [0.3, 0.4) is 0 Å². The molecule has 3 aromatic rings. The number of hydrogen-bond acceptors (Lipinski definition) is 5. The number of para-hydroxylation sites is 1. The van der Waals surface area contributed by atoms with Gasteiger partial charge in [0.1, 0.15) is 5.58 Å². The molecule has 1 aromatic heterocycles. The maximum Gasteiger partial charge on any atom is 0.375 e. The zero-order valence-electron chi connectivity index (χ0n) is 15.0. The molecule has 3 rings (SSSR count). The molecule has 0 aliphatic rings. The summed E-state index contributed by atoms with van der Waals surface area (Å²) in [5.74, 6) is -0.993. The fourth-order valence-electron chi connectivity index (χ4n) is 2.76. The first-order chi connectivity index (χ1) is 13.0. The SMILES string of the molecule is CCOCc1c(C(=O)O[C@H](C)C(=O)c2cccc(Cl)c2)oc2ccccc12. The molecule has 1 heterocycles. The predicted molar refractivity (Wildman–Crippen MR) is 102 cm³/mol. The molecular weight excluding hydrogens is 368 g/mol. The Morgan fingerprint density at radius 1 is 1.15 bits per heavy atom. The number of ether oxygens (including phenoxy) is 2. The largest absolute Gasteiger partial charge is 0.449 e. The monoisotopic (exact) mass is 386 g/mol.